The molecule has 0 aliphatic rings. The molecule has 3 aromatic rings. The van der Waals surface area contributed by atoms with Crippen LogP contribution >= 0.6 is 0 Å². The molecule has 0 aliphatic heterocycles. The molecule has 94 valence electrons. The third-order valence-electron chi connectivity index (χ3n) is 2.92. The maximum atomic E-state index is 11.1. The van der Waals surface area contributed by atoms with Gasteiger partial charge in [0.1, 0.15) is 0 Å². The van der Waals surface area contributed by atoms with E-state index >= 15 is 0 Å². The Bertz CT molecular complexity index is 746. The molecule has 4 nitrogen and oxygen atoms in total. The van der Waals surface area contributed by atoms with Crippen molar-refractivity contribution in [2.45, 2.75) is 6.92 Å². The van der Waals surface area contributed by atoms with Crippen molar-refractivity contribution in [2.75, 3.05) is 5.32 Å². The minimum absolute atomic E-state index is 0.0722. The largest absolute Gasteiger partial charge is 0.326 e. The molecule has 0 atom stereocenters. The summed E-state index contributed by atoms with van der Waals surface area (Å²) in [5.74, 6) is -0.0722. The molecule has 0 unspecified atom stereocenters. The molecule has 3 rings (SSSR count). The first-order chi connectivity index (χ1) is 9.24. The number of hydrogen-bond donors (Lipinski definition) is 1. The van der Waals surface area contributed by atoms with Gasteiger partial charge in [0.2, 0.25) is 5.91 Å². The molecule has 0 radical (unpaired) electrons. The first-order valence-corrected chi connectivity index (χ1v) is 6.04. The van der Waals surface area contributed by atoms with Gasteiger partial charge in [0.25, 0.3) is 0 Å². The van der Waals surface area contributed by atoms with Crippen LogP contribution in [0.2, 0.25) is 0 Å². The molecule has 4 heteroatoms. The van der Waals surface area contributed by atoms with Gasteiger partial charge < -0.3 is 5.32 Å². The molecule has 1 N–H and O–H groups in total. The fourth-order valence-corrected chi connectivity index (χ4v) is 2.12. The molecule has 0 saturated carbocycles. The highest BCUT2D eigenvalue weighted by Crippen LogP contribution is 2.26. The SMILES string of the molecule is CC(=O)Nc1cccc(-c2cnn3ccccc23)c1. The Labute approximate surface area is 110 Å². The van der Waals surface area contributed by atoms with Gasteiger partial charge in [0.05, 0.1) is 11.7 Å². The molecule has 0 fully saturated rings. The van der Waals surface area contributed by atoms with Crippen molar-refractivity contribution in [1.29, 1.82) is 0 Å². The number of fused-ring (bicyclic) bond motifs is 1. The molecule has 0 saturated heterocycles. The topological polar surface area (TPSA) is 46.4 Å². The molecule has 2 heterocycles. The van der Waals surface area contributed by atoms with E-state index in [0.29, 0.717) is 0 Å². The minimum Gasteiger partial charge on any atom is -0.326 e. The van der Waals surface area contributed by atoms with Crippen molar-refractivity contribution >= 4 is 17.1 Å². The lowest BCUT2D eigenvalue weighted by Gasteiger charge is -2.04. The second-order valence-electron chi connectivity index (χ2n) is 4.35. The average molecular weight is 251 g/mol. The van der Waals surface area contributed by atoms with Gasteiger partial charge in [0, 0.05) is 24.4 Å². The molecular formula is C15H13N3O. The van der Waals surface area contributed by atoms with Gasteiger partial charge in [-0.15, -0.1) is 0 Å². The van der Waals surface area contributed by atoms with Crippen LogP contribution in [0.25, 0.3) is 16.6 Å². The number of benzene rings is 1. The van der Waals surface area contributed by atoms with E-state index in [4.69, 9.17) is 0 Å². The van der Waals surface area contributed by atoms with E-state index in [2.05, 4.69) is 10.4 Å². The smallest absolute Gasteiger partial charge is 0.221 e. The lowest BCUT2D eigenvalue weighted by Crippen LogP contribution is -2.05. The summed E-state index contributed by atoms with van der Waals surface area (Å²) in [6.45, 7) is 1.50. The van der Waals surface area contributed by atoms with Gasteiger partial charge in [-0.1, -0.05) is 18.2 Å². The van der Waals surface area contributed by atoms with Gasteiger partial charge in [-0.2, -0.15) is 5.10 Å². The minimum atomic E-state index is -0.0722. The molecule has 19 heavy (non-hydrogen) atoms. The fourth-order valence-electron chi connectivity index (χ4n) is 2.12. The van der Waals surface area contributed by atoms with Crippen molar-refractivity contribution in [3.8, 4) is 11.1 Å². The maximum absolute atomic E-state index is 11.1. The Hall–Kier alpha value is -2.62. The summed E-state index contributed by atoms with van der Waals surface area (Å²) in [4.78, 5) is 11.1. The second kappa shape index (κ2) is 4.57. The summed E-state index contributed by atoms with van der Waals surface area (Å²) in [6.07, 6.45) is 3.75. The van der Waals surface area contributed by atoms with Crippen LogP contribution in [0.5, 0.6) is 0 Å². The third kappa shape index (κ3) is 2.20. The number of hydrogen-bond acceptors (Lipinski definition) is 2. The summed E-state index contributed by atoms with van der Waals surface area (Å²) in [6, 6.07) is 13.7. The average Bonchev–Trinajstić information content (AvgIpc) is 2.82. The number of nitrogens with one attached hydrogen (secondary N) is 1. The number of nitrogens with zero attached hydrogens (tertiary/aromatic N) is 2. The molecule has 1 amide bonds. The van der Waals surface area contributed by atoms with E-state index < -0.39 is 0 Å². The normalized spacial score (nSPS) is 10.6. The highest BCUT2D eigenvalue weighted by Gasteiger charge is 2.06. The second-order valence-corrected chi connectivity index (χ2v) is 4.35. The Morgan fingerprint density at radius 1 is 1.21 bits per heavy atom. The zero-order chi connectivity index (χ0) is 13.2. The Kier molecular flexibility index (Phi) is 2.76. The van der Waals surface area contributed by atoms with Crippen molar-refractivity contribution < 1.29 is 4.79 Å². The van der Waals surface area contributed by atoms with Crippen LogP contribution in [0.3, 0.4) is 0 Å². The van der Waals surface area contributed by atoms with E-state index in [1.807, 2.05) is 59.4 Å². The summed E-state index contributed by atoms with van der Waals surface area (Å²) in [7, 11) is 0. The molecule has 0 bridgehead atoms. The summed E-state index contributed by atoms with van der Waals surface area (Å²) >= 11 is 0. The van der Waals surface area contributed by atoms with Crippen LogP contribution in [0.1, 0.15) is 6.92 Å². The van der Waals surface area contributed by atoms with Crippen LogP contribution in [0, 0.1) is 0 Å². The number of aromatic nitrogens is 2. The van der Waals surface area contributed by atoms with Crippen molar-refractivity contribution in [1.82, 2.24) is 9.61 Å². The molecular weight excluding hydrogens is 238 g/mol. The maximum Gasteiger partial charge on any atom is 0.221 e. The van der Waals surface area contributed by atoms with Crippen molar-refractivity contribution in [3.05, 3.63) is 54.9 Å². The number of rotatable bonds is 2. The number of amides is 1. The van der Waals surface area contributed by atoms with Gasteiger partial charge in [-0.05, 0) is 29.8 Å². The molecule has 2 aromatic heterocycles. The monoisotopic (exact) mass is 251 g/mol. The highest BCUT2D eigenvalue weighted by molar-refractivity contribution is 5.90. The molecule has 0 spiro atoms. The van der Waals surface area contributed by atoms with E-state index in [1.54, 1.807) is 0 Å². The molecule has 1 aromatic carbocycles. The molecule has 0 aliphatic carbocycles. The van der Waals surface area contributed by atoms with Crippen molar-refractivity contribution in [3.63, 3.8) is 0 Å². The predicted molar refractivity (Wildman–Crippen MR) is 74.9 cm³/mol. The number of carbonyl (C=O) groups excluding carboxylic acids is 1. The third-order valence-corrected chi connectivity index (χ3v) is 2.92. The van der Waals surface area contributed by atoms with Crippen LogP contribution < -0.4 is 5.32 Å². The van der Waals surface area contributed by atoms with Gasteiger partial charge in [0.15, 0.2) is 0 Å². The first kappa shape index (κ1) is 11.5. The van der Waals surface area contributed by atoms with Crippen LogP contribution in [0.15, 0.2) is 54.9 Å². The van der Waals surface area contributed by atoms with Crippen LogP contribution in [-0.2, 0) is 4.79 Å². The van der Waals surface area contributed by atoms with Crippen molar-refractivity contribution in [2.24, 2.45) is 0 Å². The van der Waals surface area contributed by atoms with Gasteiger partial charge in [-0.3, -0.25) is 4.79 Å². The fraction of sp³-hybridized carbons (Fsp3) is 0.0667. The van der Waals surface area contributed by atoms with E-state index in [1.165, 1.54) is 6.92 Å². The highest BCUT2D eigenvalue weighted by atomic mass is 16.1. The van der Waals surface area contributed by atoms with Crippen LogP contribution in [0.4, 0.5) is 5.69 Å². The Balaban J connectivity index is 2.09. The lowest BCUT2D eigenvalue weighted by molar-refractivity contribution is -0.114. The Morgan fingerprint density at radius 3 is 2.95 bits per heavy atom. The van der Waals surface area contributed by atoms with Gasteiger partial charge in [-0.25, -0.2) is 4.52 Å². The van der Waals surface area contributed by atoms with Crippen LogP contribution in [-0.4, -0.2) is 15.5 Å². The quantitative estimate of drug-likeness (QED) is 0.761. The van der Waals surface area contributed by atoms with E-state index in [-0.39, 0.29) is 5.91 Å². The number of pyridine rings is 1. The lowest BCUT2D eigenvalue weighted by atomic mass is 10.1. The summed E-state index contributed by atoms with van der Waals surface area (Å²) in [5, 5.41) is 7.10. The van der Waals surface area contributed by atoms with E-state index in [0.717, 1.165) is 22.3 Å². The van der Waals surface area contributed by atoms with E-state index in [9.17, 15) is 4.79 Å². The number of anilines is 1. The predicted octanol–water partition coefficient (Wildman–Crippen LogP) is 2.96. The zero-order valence-electron chi connectivity index (χ0n) is 10.5. The Morgan fingerprint density at radius 2 is 2.11 bits per heavy atom. The summed E-state index contributed by atoms with van der Waals surface area (Å²) < 4.78 is 1.83. The summed E-state index contributed by atoms with van der Waals surface area (Å²) in [5.41, 5.74) is 3.92. The zero-order valence-corrected chi connectivity index (χ0v) is 10.5. The standard InChI is InChI=1S/C15H13N3O/c1-11(19)17-13-6-4-5-12(9-13)14-10-16-18-8-3-2-7-15(14)18/h2-10H,1H3,(H,17,19). The number of carbonyl (C=O) groups is 1. The first-order valence-electron chi connectivity index (χ1n) is 6.04. The van der Waals surface area contributed by atoms with Gasteiger partial charge >= 0.3 is 0 Å².